The molecule has 0 aliphatic carbocycles. The first-order chi connectivity index (χ1) is 8.90. The summed E-state index contributed by atoms with van der Waals surface area (Å²) in [7, 11) is -0.884. The number of pyridine rings is 1. The SMILES string of the molecule is Cc1ccc2nc(C(C)Cl)n(CC(C)S(C)=O)c2n1. The Labute approximate surface area is 120 Å². The summed E-state index contributed by atoms with van der Waals surface area (Å²) in [5, 5.41) is -0.166. The monoisotopic (exact) mass is 299 g/mol. The second-order valence-corrected chi connectivity index (χ2v) is 7.26. The van der Waals surface area contributed by atoms with Gasteiger partial charge in [0.2, 0.25) is 0 Å². The van der Waals surface area contributed by atoms with Crippen molar-refractivity contribution in [2.45, 2.75) is 37.9 Å². The van der Waals surface area contributed by atoms with Crippen LogP contribution in [0.1, 0.15) is 30.7 Å². The maximum absolute atomic E-state index is 11.6. The van der Waals surface area contributed by atoms with Crippen molar-refractivity contribution in [1.82, 2.24) is 14.5 Å². The Morgan fingerprint density at radius 1 is 1.37 bits per heavy atom. The number of halogens is 1. The van der Waals surface area contributed by atoms with Crippen molar-refractivity contribution in [3.63, 3.8) is 0 Å². The molecule has 2 aromatic heterocycles. The lowest BCUT2D eigenvalue weighted by Gasteiger charge is -2.14. The molecular weight excluding hydrogens is 282 g/mol. The maximum Gasteiger partial charge on any atom is 0.160 e. The topological polar surface area (TPSA) is 47.8 Å². The molecule has 0 amide bonds. The van der Waals surface area contributed by atoms with Gasteiger partial charge in [-0.25, -0.2) is 9.97 Å². The molecule has 0 aliphatic heterocycles. The van der Waals surface area contributed by atoms with Crippen molar-refractivity contribution < 1.29 is 4.21 Å². The van der Waals surface area contributed by atoms with Gasteiger partial charge in [0.25, 0.3) is 0 Å². The summed E-state index contributed by atoms with van der Waals surface area (Å²) in [6.07, 6.45) is 1.71. The molecule has 0 spiro atoms. The first kappa shape index (κ1) is 14.5. The van der Waals surface area contributed by atoms with E-state index in [0.717, 1.165) is 22.7 Å². The van der Waals surface area contributed by atoms with Gasteiger partial charge in [0, 0.05) is 34.5 Å². The predicted octanol–water partition coefficient (Wildman–Crippen LogP) is 2.81. The fourth-order valence-corrected chi connectivity index (χ4v) is 2.49. The molecule has 0 aromatic carbocycles. The van der Waals surface area contributed by atoms with Gasteiger partial charge in [0.15, 0.2) is 5.65 Å². The summed E-state index contributed by atoms with van der Waals surface area (Å²) in [6, 6.07) is 3.88. The summed E-state index contributed by atoms with van der Waals surface area (Å²) >= 11 is 6.20. The highest BCUT2D eigenvalue weighted by atomic mass is 35.5. The van der Waals surface area contributed by atoms with E-state index in [0.29, 0.717) is 6.54 Å². The van der Waals surface area contributed by atoms with Crippen LogP contribution in [0.15, 0.2) is 12.1 Å². The number of fused-ring (bicyclic) bond motifs is 1. The third-order valence-electron chi connectivity index (χ3n) is 3.12. The van der Waals surface area contributed by atoms with E-state index in [1.54, 1.807) is 6.26 Å². The third-order valence-corrected chi connectivity index (χ3v) is 4.60. The third kappa shape index (κ3) is 2.98. The fraction of sp³-hybridized carbons (Fsp3) is 0.538. The van der Waals surface area contributed by atoms with Crippen molar-refractivity contribution in [2.75, 3.05) is 6.26 Å². The van der Waals surface area contributed by atoms with Gasteiger partial charge in [0.05, 0.1) is 5.38 Å². The Bertz CT molecular complexity index is 624. The molecule has 0 radical (unpaired) electrons. The zero-order valence-electron chi connectivity index (χ0n) is 11.6. The zero-order valence-corrected chi connectivity index (χ0v) is 13.1. The minimum Gasteiger partial charge on any atom is -0.310 e. The Kier molecular flexibility index (Phi) is 4.26. The van der Waals surface area contributed by atoms with E-state index in [1.807, 2.05) is 37.5 Å². The van der Waals surface area contributed by atoms with Crippen molar-refractivity contribution in [1.29, 1.82) is 0 Å². The molecule has 0 bridgehead atoms. The van der Waals surface area contributed by atoms with E-state index in [-0.39, 0.29) is 10.6 Å². The van der Waals surface area contributed by atoms with Crippen molar-refractivity contribution in [3.05, 3.63) is 23.7 Å². The van der Waals surface area contributed by atoms with Crippen LogP contribution in [0, 0.1) is 6.92 Å². The van der Waals surface area contributed by atoms with Crippen LogP contribution in [0.4, 0.5) is 0 Å². The van der Waals surface area contributed by atoms with Gasteiger partial charge in [0.1, 0.15) is 11.3 Å². The molecule has 0 fully saturated rings. The van der Waals surface area contributed by atoms with Crippen LogP contribution in [-0.2, 0) is 17.3 Å². The second kappa shape index (κ2) is 5.59. The minimum absolute atomic E-state index is 0.0360. The van der Waals surface area contributed by atoms with E-state index >= 15 is 0 Å². The molecule has 3 atom stereocenters. The first-order valence-corrected chi connectivity index (χ1v) is 8.26. The van der Waals surface area contributed by atoms with Crippen LogP contribution in [0.5, 0.6) is 0 Å². The molecule has 0 N–H and O–H groups in total. The van der Waals surface area contributed by atoms with Crippen LogP contribution in [0.25, 0.3) is 11.2 Å². The van der Waals surface area contributed by atoms with Gasteiger partial charge >= 0.3 is 0 Å². The summed E-state index contributed by atoms with van der Waals surface area (Å²) < 4.78 is 13.6. The highest BCUT2D eigenvalue weighted by Crippen LogP contribution is 2.24. The van der Waals surface area contributed by atoms with Crippen molar-refractivity contribution >= 4 is 33.6 Å². The average molecular weight is 300 g/mol. The minimum atomic E-state index is -0.884. The molecular formula is C13H18ClN3OS. The van der Waals surface area contributed by atoms with Gasteiger partial charge in [-0.2, -0.15) is 0 Å². The summed E-state index contributed by atoms with van der Waals surface area (Å²) in [6.45, 7) is 6.41. The number of aromatic nitrogens is 3. The Hall–Kier alpha value is -0.940. The lowest BCUT2D eigenvalue weighted by atomic mass is 10.3. The van der Waals surface area contributed by atoms with Crippen LogP contribution >= 0.6 is 11.6 Å². The van der Waals surface area contributed by atoms with E-state index in [4.69, 9.17) is 11.6 Å². The maximum atomic E-state index is 11.6. The van der Waals surface area contributed by atoms with Crippen LogP contribution < -0.4 is 0 Å². The molecule has 3 unspecified atom stereocenters. The van der Waals surface area contributed by atoms with Gasteiger partial charge in [-0.05, 0) is 32.9 Å². The molecule has 4 nitrogen and oxygen atoms in total. The standard InChI is InChI=1S/C13H18ClN3OS/c1-8-5-6-11-13(15-8)17(7-9(2)19(4)18)12(16-11)10(3)14/h5-6,9-10H,7H2,1-4H3. The van der Waals surface area contributed by atoms with Crippen molar-refractivity contribution in [3.8, 4) is 0 Å². The van der Waals surface area contributed by atoms with Crippen molar-refractivity contribution in [2.24, 2.45) is 0 Å². The molecule has 0 aliphatic rings. The van der Waals surface area contributed by atoms with E-state index in [9.17, 15) is 4.21 Å². The molecule has 104 valence electrons. The van der Waals surface area contributed by atoms with Crippen LogP contribution in [-0.4, -0.2) is 30.2 Å². The van der Waals surface area contributed by atoms with Gasteiger partial charge < -0.3 is 4.57 Å². The second-order valence-electron chi connectivity index (χ2n) is 4.80. The quantitative estimate of drug-likeness (QED) is 0.816. The van der Waals surface area contributed by atoms with Gasteiger partial charge in [-0.15, -0.1) is 11.6 Å². The van der Waals surface area contributed by atoms with Crippen LogP contribution in [0.2, 0.25) is 0 Å². The molecule has 0 saturated heterocycles. The van der Waals surface area contributed by atoms with Crippen LogP contribution in [0.3, 0.4) is 0 Å². The fourth-order valence-electron chi connectivity index (χ4n) is 1.96. The average Bonchev–Trinajstić information content (AvgIpc) is 2.67. The lowest BCUT2D eigenvalue weighted by Crippen LogP contribution is -2.19. The molecule has 19 heavy (non-hydrogen) atoms. The smallest absolute Gasteiger partial charge is 0.160 e. The highest BCUT2D eigenvalue weighted by molar-refractivity contribution is 7.84. The van der Waals surface area contributed by atoms with E-state index in [2.05, 4.69) is 9.97 Å². The normalized spacial score (nSPS) is 16.5. The number of rotatable bonds is 4. The number of nitrogens with zero attached hydrogens (tertiary/aromatic N) is 3. The summed E-state index contributed by atoms with van der Waals surface area (Å²) in [5.74, 6) is 0.784. The number of aryl methyl sites for hydroxylation is 1. The molecule has 2 heterocycles. The predicted molar refractivity (Wildman–Crippen MR) is 80.1 cm³/mol. The largest absolute Gasteiger partial charge is 0.310 e. The van der Waals surface area contributed by atoms with E-state index < -0.39 is 10.8 Å². The Morgan fingerprint density at radius 3 is 2.63 bits per heavy atom. The molecule has 2 aromatic rings. The zero-order chi connectivity index (χ0) is 14.2. The van der Waals surface area contributed by atoms with Gasteiger partial charge in [-0.3, -0.25) is 4.21 Å². The summed E-state index contributed by atoms with van der Waals surface area (Å²) in [4.78, 5) is 9.07. The molecule has 2 rings (SSSR count). The number of hydrogen-bond donors (Lipinski definition) is 0. The van der Waals surface area contributed by atoms with E-state index in [1.165, 1.54) is 0 Å². The lowest BCUT2D eigenvalue weighted by molar-refractivity contribution is 0.629. The van der Waals surface area contributed by atoms with Gasteiger partial charge in [-0.1, -0.05) is 0 Å². The number of hydrogen-bond acceptors (Lipinski definition) is 3. The Balaban J connectivity index is 2.57. The highest BCUT2D eigenvalue weighted by Gasteiger charge is 2.18. The molecule has 0 saturated carbocycles. The first-order valence-electron chi connectivity index (χ1n) is 6.20. The summed E-state index contributed by atoms with van der Waals surface area (Å²) in [5.41, 5.74) is 2.59. The number of alkyl halides is 1. The Morgan fingerprint density at radius 2 is 2.05 bits per heavy atom. The number of imidazole rings is 1. The molecule has 6 heteroatoms.